The first-order valence-corrected chi connectivity index (χ1v) is 9.79. The number of nitrogens with zero attached hydrogens (tertiary/aromatic N) is 1. The minimum Gasteiger partial charge on any atom is -0.493 e. The van der Waals surface area contributed by atoms with Crippen LogP contribution in [-0.4, -0.2) is 44.2 Å². The average molecular weight is 383 g/mol. The largest absolute Gasteiger partial charge is 0.493 e. The van der Waals surface area contributed by atoms with Crippen molar-refractivity contribution >= 4 is 5.91 Å². The van der Waals surface area contributed by atoms with E-state index in [1.165, 1.54) is 0 Å². The SMILES string of the molecule is COc1ccc(-c2ccc(OC3CCN(C(=O)C(C)C)CC3)cc2)cc1OC. The molecule has 0 atom stereocenters. The molecule has 150 valence electrons. The van der Waals surface area contributed by atoms with E-state index >= 15 is 0 Å². The first-order chi connectivity index (χ1) is 13.5. The van der Waals surface area contributed by atoms with Crippen molar-refractivity contribution in [3.05, 3.63) is 42.5 Å². The number of rotatable bonds is 6. The molecule has 0 spiro atoms. The van der Waals surface area contributed by atoms with Gasteiger partial charge in [-0.3, -0.25) is 4.79 Å². The number of piperidine rings is 1. The third kappa shape index (κ3) is 4.58. The van der Waals surface area contributed by atoms with Crippen LogP contribution in [0.1, 0.15) is 26.7 Å². The van der Waals surface area contributed by atoms with Crippen LogP contribution in [0, 0.1) is 5.92 Å². The molecule has 3 rings (SSSR count). The van der Waals surface area contributed by atoms with Crippen LogP contribution in [0.15, 0.2) is 42.5 Å². The number of hydrogen-bond acceptors (Lipinski definition) is 4. The molecular weight excluding hydrogens is 354 g/mol. The van der Waals surface area contributed by atoms with Crippen LogP contribution in [0.4, 0.5) is 0 Å². The van der Waals surface area contributed by atoms with E-state index in [-0.39, 0.29) is 17.9 Å². The molecule has 0 aliphatic carbocycles. The fourth-order valence-electron chi connectivity index (χ4n) is 3.49. The summed E-state index contributed by atoms with van der Waals surface area (Å²) in [5, 5.41) is 0. The topological polar surface area (TPSA) is 48.0 Å². The van der Waals surface area contributed by atoms with Gasteiger partial charge in [0.05, 0.1) is 14.2 Å². The highest BCUT2D eigenvalue weighted by Crippen LogP contribution is 2.33. The van der Waals surface area contributed by atoms with Crippen LogP contribution in [0.2, 0.25) is 0 Å². The van der Waals surface area contributed by atoms with Crippen LogP contribution < -0.4 is 14.2 Å². The lowest BCUT2D eigenvalue weighted by Crippen LogP contribution is -2.43. The molecule has 2 aromatic carbocycles. The van der Waals surface area contributed by atoms with Crippen molar-refractivity contribution in [2.24, 2.45) is 5.92 Å². The van der Waals surface area contributed by atoms with Crippen molar-refractivity contribution < 1.29 is 19.0 Å². The molecule has 1 aliphatic heterocycles. The van der Waals surface area contributed by atoms with E-state index in [1.807, 2.05) is 61.2 Å². The Kier molecular flexibility index (Phi) is 6.45. The summed E-state index contributed by atoms with van der Waals surface area (Å²) in [6.07, 6.45) is 1.90. The normalized spacial score (nSPS) is 14.8. The third-order valence-electron chi connectivity index (χ3n) is 5.12. The highest BCUT2D eigenvalue weighted by molar-refractivity contribution is 5.78. The van der Waals surface area contributed by atoms with Gasteiger partial charge in [-0.25, -0.2) is 0 Å². The van der Waals surface area contributed by atoms with Gasteiger partial charge in [-0.05, 0) is 35.4 Å². The maximum Gasteiger partial charge on any atom is 0.225 e. The number of benzene rings is 2. The molecule has 0 saturated carbocycles. The van der Waals surface area contributed by atoms with Gasteiger partial charge in [0.1, 0.15) is 11.9 Å². The molecule has 1 amide bonds. The first kappa shape index (κ1) is 20.1. The Bertz CT molecular complexity index is 793. The van der Waals surface area contributed by atoms with Crippen molar-refractivity contribution in [3.63, 3.8) is 0 Å². The Morgan fingerprint density at radius 2 is 1.54 bits per heavy atom. The second-order valence-electron chi connectivity index (χ2n) is 7.39. The standard InChI is InChI=1S/C23H29NO4/c1-16(2)23(25)24-13-11-20(12-14-24)28-19-8-5-17(6-9-19)18-7-10-21(26-3)22(15-18)27-4/h5-10,15-16,20H,11-14H2,1-4H3. The molecule has 1 heterocycles. The summed E-state index contributed by atoms with van der Waals surface area (Å²) in [7, 11) is 3.27. The molecule has 5 heteroatoms. The van der Waals surface area contributed by atoms with E-state index in [2.05, 4.69) is 0 Å². The van der Waals surface area contributed by atoms with Gasteiger partial charge in [0.2, 0.25) is 5.91 Å². The Morgan fingerprint density at radius 3 is 2.11 bits per heavy atom. The zero-order valence-electron chi connectivity index (χ0n) is 17.1. The summed E-state index contributed by atoms with van der Waals surface area (Å²) in [5.41, 5.74) is 2.15. The van der Waals surface area contributed by atoms with E-state index in [0.717, 1.165) is 42.8 Å². The number of hydrogen-bond donors (Lipinski definition) is 0. The molecule has 0 unspecified atom stereocenters. The predicted octanol–water partition coefficient (Wildman–Crippen LogP) is 4.40. The van der Waals surface area contributed by atoms with Crippen LogP contribution in [0.3, 0.4) is 0 Å². The monoisotopic (exact) mass is 383 g/mol. The maximum absolute atomic E-state index is 12.1. The summed E-state index contributed by atoms with van der Waals surface area (Å²) in [6, 6.07) is 14.0. The van der Waals surface area contributed by atoms with Crippen LogP contribution in [0.5, 0.6) is 17.2 Å². The van der Waals surface area contributed by atoms with Gasteiger partial charge in [-0.15, -0.1) is 0 Å². The van der Waals surface area contributed by atoms with Gasteiger partial charge >= 0.3 is 0 Å². The molecule has 1 aliphatic rings. The number of methoxy groups -OCH3 is 2. The molecule has 0 bridgehead atoms. The first-order valence-electron chi connectivity index (χ1n) is 9.79. The van der Waals surface area contributed by atoms with E-state index in [9.17, 15) is 4.79 Å². The smallest absolute Gasteiger partial charge is 0.225 e. The van der Waals surface area contributed by atoms with Crippen molar-refractivity contribution in [3.8, 4) is 28.4 Å². The summed E-state index contributed by atoms with van der Waals surface area (Å²) in [4.78, 5) is 14.0. The lowest BCUT2D eigenvalue weighted by atomic mass is 10.0. The van der Waals surface area contributed by atoms with Gasteiger partial charge in [0.25, 0.3) is 0 Å². The summed E-state index contributed by atoms with van der Waals surface area (Å²) in [6.45, 7) is 5.44. The zero-order chi connectivity index (χ0) is 20.1. The molecular formula is C23H29NO4. The van der Waals surface area contributed by atoms with Crippen molar-refractivity contribution in [2.75, 3.05) is 27.3 Å². The molecule has 28 heavy (non-hydrogen) atoms. The summed E-state index contributed by atoms with van der Waals surface area (Å²) < 4.78 is 16.8. The molecule has 5 nitrogen and oxygen atoms in total. The lowest BCUT2D eigenvalue weighted by molar-refractivity contribution is -0.136. The Hall–Kier alpha value is -2.69. The van der Waals surface area contributed by atoms with Crippen molar-refractivity contribution in [2.45, 2.75) is 32.8 Å². The minimum atomic E-state index is 0.0570. The third-order valence-corrected chi connectivity index (χ3v) is 5.12. The van der Waals surface area contributed by atoms with Crippen LogP contribution in [0.25, 0.3) is 11.1 Å². The highest BCUT2D eigenvalue weighted by atomic mass is 16.5. The van der Waals surface area contributed by atoms with Crippen molar-refractivity contribution in [1.82, 2.24) is 4.90 Å². The second kappa shape index (κ2) is 9.00. The van der Waals surface area contributed by atoms with Gasteiger partial charge in [0, 0.05) is 31.8 Å². The van der Waals surface area contributed by atoms with Gasteiger partial charge in [0.15, 0.2) is 11.5 Å². The molecule has 1 saturated heterocycles. The molecule has 0 radical (unpaired) electrons. The quantitative estimate of drug-likeness (QED) is 0.742. The Morgan fingerprint density at radius 1 is 0.929 bits per heavy atom. The molecule has 2 aromatic rings. The predicted molar refractivity (Wildman–Crippen MR) is 110 cm³/mol. The van der Waals surface area contributed by atoms with Gasteiger partial charge in [-0.1, -0.05) is 32.0 Å². The number of ether oxygens (including phenoxy) is 3. The van der Waals surface area contributed by atoms with Gasteiger partial charge in [-0.2, -0.15) is 0 Å². The molecule has 1 fully saturated rings. The van der Waals surface area contributed by atoms with Crippen LogP contribution >= 0.6 is 0 Å². The second-order valence-corrected chi connectivity index (χ2v) is 7.39. The summed E-state index contributed by atoms with van der Waals surface area (Å²) in [5.74, 6) is 2.58. The Labute approximate surface area is 167 Å². The van der Waals surface area contributed by atoms with Crippen molar-refractivity contribution in [1.29, 1.82) is 0 Å². The number of carbonyl (C=O) groups is 1. The summed E-state index contributed by atoms with van der Waals surface area (Å²) >= 11 is 0. The van der Waals surface area contributed by atoms with Crippen LogP contribution in [-0.2, 0) is 4.79 Å². The van der Waals surface area contributed by atoms with E-state index in [1.54, 1.807) is 14.2 Å². The fraction of sp³-hybridized carbons (Fsp3) is 0.435. The molecule has 0 N–H and O–H groups in total. The fourth-order valence-corrected chi connectivity index (χ4v) is 3.49. The van der Waals surface area contributed by atoms with E-state index in [0.29, 0.717) is 11.5 Å². The van der Waals surface area contributed by atoms with Gasteiger partial charge < -0.3 is 19.1 Å². The Balaban J connectivity index is 1.60. The van der Waals surface area contributed by atoms with E-state index < -0.39 is 0 Å². The van der Waals surface area contributed by atoms with E-state index in [4.69, 9.17) is 14.2 Å². The maximum atomic E-state index is 12.1. The number of likely N-dealkylation sites (tertiary alicyclic amines) is 1. The minimum absolute atomic E-state index is 0.0570. The zero-order valence-corrected chi connectivity index (χ0v) is 17.1. The number of carbonyl (C=O) groups excluding carboxylic acids is 1. The number of amides is 1. The average Bonchev–Trinajstić information content (AvgIpc) is 2.73. The highest BCUT2D eigenvalue weighted by Gasteiger charge is 2.25. The molecule has 0 aromatic heterocycles. The lowest BCUT2D eigenvalue weighted by Gasteiger charge is -2.33.